The van der Waals surface area contributed by atoms with Gasteiger partial charge in [0.1, 0.15) is 17.7 Å². The lowest BCUT2D eigenvalue weighted by molar-refractivity contribution is -0.131. The zero-order chi connectivity index (χ0) is 15.8. The second kappa shape index (κ2) is 8.28. The second-order valence-electron chi connectivity index (χ2n) is 4.80. The number of carbonyl (C=O) groups is 1. The molecule has 4 N–H and O–H groups in total. The van der Waals surface area contributed by atoms with Crippen molar-refractivity contribution in [2.75, 3.05) is 36.0 Å². The van der Waals surface area contributed by atoms with E-state index in [1.165, 1.54) is 0 Å². The van der Waals surface area contributed by atoms with E-state index in [-0.39, 0.29) is 17.9 Å². The summed E-state index contributed by atoms with van der Waals surface area (Å²) in [6, 6.07) is 1.40. The first-order valence-corrected chi connectivity index (χ1v) is 7.45. The molecule has 0 aliphatic rings. The van der Waals surface area contributed by atoms with Crippen molar-refractivity contribution in [1.29, 1.82) is 0 Å². The third kappa shape index (κ3) is 5.09. The minimum Gasteiger partial charge on any atom is -0.370 e. The number of hydrogen-bond donors (Lipinski definition) is 3. The summed E-state index contributed by atoms with van der Waals surface area (Å²) in [7, 11) is 0. The number of nitrogens with one attached hydrogen (secondary N) is 2. The molecule has 1 heterocycles. The van der Waals surface area contributed by atoms with Crippen LogP contribution < -0.4 is 16.4 Å². The molecule has 21 heavy (non-hydrogen) atoms. The molecule has 0 fully saturated rings. The first kappa shape index (κ1) is 17.0. The van der Waals surface area contributed by atoms with E-state index in [1.54, 1.807) is 11.0 Å². The van der Waals surface area contributed by atoms with Crippen LogP contribution in [0.1, 0.15) is 34.1 Å². The number of amides is 1. The largest absolute Gasteiger partial charge is 0.370 e. The predicted octanol–water partition coefficient (Wildman–Crippen LogP) is 1.55. The molecule has 0 aliphatic heterocycles. The maximum absolute atomic E-state index is 12.2. The first-order chi connectivity index (χ1) is 10.0. The van der Waals surface area contributed by atoms with Crippen LogP contribution >= 0.6 is 0 Å². The van der Waals surface area contributed by atoms with E-state index >= 15 is 0 Å². The molecule has 1 amide bonds. The fourth-order valence-electron chi connectivity index (χ4n) is 1.98. The predicted molar refractivity (Wildman–Crippen MR) is 86.2 cm³/mol. The molecule has 0 bridgehead atoms. The van der Waals surface area contributed by atoms with E-state index in [0.717, 1.165) is 13.0 Å². The van der Waals surface area contributed by atoms with Crippen molar-refractivity contribution in [3.8, 4) is 0 Å². The van der Waals surface area contributed by atoms with Crippen molar-refractivity contribution < 1.29 is 4.79 Å². The Morgan fingerprint density at radius 3 is 2.48 bits per heavy atom. The van der Waals surface area contributed by atoms with Gasteiger partial charge >= 0.3 is 0 Å². The van der Waals surface area contributed by atoms with Crippen LogP contribution in [0.4, 0.5) is 17.6 Å². The number of nitrogens with two attached hydrogens (primary N) is 1. The molecule has 1 rings (SSSR count). The van der Waals surface area contributed by atoms with Crippen molar-refractivity contribution in [1.82, 2.24) is 14.9 Å². The zero-order valence-electron chi connectivity index (χ0n) is 13.3. The fraction of sp³-hybridized carbons (Fsp3) is 0.643. The normalized spacial score (nSPS) is 11.8. The molecule has 1 aromatic rings. The van der Waals surface area contributed by atoms with Gasteiger partial charge in [-0.25, -0.2) is 0 Å². The van der Waals surface area contributed by atoms with E-state index in [4.69, 9.17) is 5.73 Å². The average molecular weight is 294 g/mol. The third-order valence-corrected chi connectivity index (χ3v) is 3.11. The molecule has 1 aromatic heterocycles. The minimum absolute atomic E-state index is 0.0419. The Bertz CT molecular complexity index is 461. The van der Waals surface area contributed by atoms with Crippen LogP contribution in [-0.2, 0) is 4.79 Å². The van der Waals surface area contributed by atoms with Gasteiger partial charge in [0.25, 0.3) is 0 Å². The monoisotopic (exact) mass is 294 g/mol. The van der Waals surface area contributed by atoms with Gasteiger partial charge in [0.2, 0.25) is 11.9 Å². The highest BCUT2D eigenvalue weighted by Gasteiger charge is 2.18. The summed E-state index contributed by atoms with van der Waals surface area (Å²) >= 11 is 0. The smallest absolute Gasteiger partial charge is 0.244 e. The third-order valence-electron chi connectivity index (χ3n) is 3.11. The summed E-state index contributed by atoms with van der Waals surface area (Å²) in [6.07, 6.45) is 0.990. The molecular formula is C14H26N6O. The van der Waals surface area contributed by atoms with Crippen LogP contribution in [-0.4, -0.2) is 46.5 Å². The van der Waals surface area contributed by atoms with E-state index in [9.17, 15) is 4.79 Å². The molecule has 118 valence electrons. The Hall–Kier alpha value is -2.05. The molecule has 7 heteroatoms. The molecule has 0 aromatic carbocycles. The van der Waals surface area contributed by atoms with Crippen molar-refractivity contribution >= 4 is 23.5 Å². The van der Waals surface area contributed by atoms with Gasteiger partial charge in [-0.05, 0) is 27.2 Å². The number of hydrogen-bond acceptors (Lipinski definition) is 6. The van der Waals surface area contributed by atoms with Crippen LogP contribution in [0.5, 0.6) is 0 Å². The van der Waals surface area contributed by atoms with Gasteiger partial charge in [-0.15, -0.1) is 0 Å². The van der Waals surface area contributed by atoms with Gasteiger partial charge in [-0.1, -0.05) is 6.92 Å². The number of likely N-dealkylation sites (N-methyl/N-ethyl adjacent to an activating group) is 1. The Labute approximate surface area is 126 Å². The molecule has 1 atom stereocenters. The van der Waals surface area contributed by atoms with Crippen LogP contribution in [0, 0.1) is 0 Å². The Kier molecular flexibility index (Phi) is 6.71. The van der Waals surface area contributed by atoms with Gasteiger partial charge < -0.3 is 21.3 Å². The van der Waals surface area contributed by atoms with Gasteiger partial charge in [0.05, 0.1) is 0 Å². The highest BCUT2D eigenvalue weighted by Crippen LogP contribution is 2.14. The van der Waals surface area contributed by atoms with E-state index in [0.29, 0.717) is 24.7 Å². The molecule has 0 saturated heterocycles. The summed E-state index contributed by atoms with van der Waals surface area (Å²) < 4.78 is 0. The quantitative estimate of drug-likeness (QED) is 0.673. The van der Waals surface area contributed by atoms with E-state index < -0.39 is 0 Å². The Morgan fingerprint density at radius 2 is 1.90 bits per heavy atom. The van der Waals surface area contributed by atoms with Gasteiger partial charge in [0.15, 0.2) is 0 Å². The second-order valence-corrected chi connectivity index (χ2v) is 4.80. The van der Waals surface area contributed by atoms with Crippen LogP contribution in [0.15, 0.2) is 6.07 Å². The highest BCUT2D eigenvalue weighted by atomic mass is 16.2. The molecule has 0 aliphatic carbocycles. The topological polar surface area (TPSA) is 96.2 Å². The molecule has 0 saturated carbocycles. The molecule has 7 nitrogen and oxygen atoms in total. The number of aromatic nitrogens is 2. The van der Waals surface area contributed by atoms with E-state index in [2.05, 4.69) is 27.5 Å². The Balaban J connectivity index is 2.77. The molecule has 0 spiro atoms. The maximum atomic E-state index is 12.2. The number of nitrogens with zero attached hydrogens (tertiary/aromatic N) is 3. The summed E-state index contributed by atoms with van der Waals surface area (Å²) in [4.78, 5) is 22.2. The average Bonchev–Trinajstić information content (AvgIpc) is 2.45. The number of anilines is 3. The van der Waals surface area contributed by atoms with Crippen LogP contribution in [0.25, 0.3) is 0 Å². The van der Waals surface area contributed by atoms with Gasteiger partial charge in [-0.2, -0.15) is 9.97 Å². The minimum atomic E-state index is -0.363. The first-order valence-electron chi connectivity index (χ1n) is 7.45. The number of rotatable bonds is 8. The van der Waals surface area contributed by atoms with Crippen molar-refractivity contribution in [2.45, 2.75) is 40.2 Å². The Morgan fingerprint density at radius 1 is 1.29 bits per heavy atom. The number of nitrogen functional groups attached to an aromatic ring is 1. The summed E-state index contributed by atoms with van der Waals surface area (Å²) in [5, 5.41) is 6.24. The zero-order valence-corrected chi connectivity index (χ0v) is 13.3. The standard InChI is InChI=1S/C14H26N6O/c1-5-8-16-11-9-12(19-14(15)18-11)17-10(4)13(21)20(6-2)7-3/h9-10H,5-8H2,1-4H3,(H4,15,16,17,18,19). The summed E-state index contributed by atoms with van der Waals surface area (Å²) in [6.45, 7) is 10.0. The van der Waals surface area contributed by atoms with E-state index in [1.807, 2.05) is 20.8 Å². The number of carbonyl (C=O) groups excluding carboxylic acids is 1. The van der Waals surface area contributed by atoms with Crippen LogP contribution in [0.3, 0.4) is 0 Å². The van der Waals surface area contributed by atoms with Gasteiger partial charge in [-0.3, -0.25) is 4.79 Å². The molecule has 1 unspecified atom stereocenters. The summed E-state index contributed by atoms with van der Waals surface area (Å²) in [5.74, 6) is 1.43. The molecular weight excluding hydrogens is 268 g/mol. The maximum Gasteiger partial charge on any atom is 0.244 e. The van der Waals surface area contributed by atoms with Crippen LogP contribution in [0.2, 0.25) is 0 Å². The lowest BCUT2D eigenvalue weighted by Gasteiger charge is -2.23. The van der Waals surface area contributed by atoms with Crippen molar-refractivity contribution in [2.24, 2.45) is 0 Å². The fourth-order valence-corrected chi connectivity index (χ4v) is 1.98. The SMILES string of the molecule is CCCNc1cc(NC(C)C(=O)N(CC)CC)nc(N)n1. The van der Waals surface area contributed by atoms with Gasteiger partial charge in [0, 0.05) is 25.7 Å². The lowest BCUT2D eigenvalue weighted by atomic mass is 10.2. The lowest BCUT2D eigenvalue weighted by Crippen LogP contribution is -2.41. The van der Waals surface area contributed by atoms with Crippen molar-refractivity contribution in [3.63, 3.8) is 0 Å². The highest BCUT2D eigenvalue weighted by molar-refractivity contribution is 5.84. The van der Waals surface area contributed by atoms with Crippen molar-refractivity contribution in [3.05, 3.63) is 6.07 Å². The molecule has 0 radical (unpaired) electrons. The summed E-state index contributed by atoms with van der Waals surface area (Å²) in [5.41, 5.74) is 5.70.